The van der Waals surface area contributed by atoms with E-state index in [1.54, 1.807) is 38.1 Å². The lowest BCUT2D eigenvalue weighted by Crippen LogP contribution is -2.37. The Balaban J connectivity index is 3.07. The maximum atomic E-state index is 11.9. The summed E-state index contributed by atoms with van der Waals surface area (Å²) in [6.45, 7) is 3.43. The van der Waals surface area contributed by atoms with Crippen molar-refractivity contribution in [2.45, 2.75) is 13.8 Å². The Morgan fingerprint density at radius 2 is 1.85 bits per heavy atom. The van der Waals surface area contributed by atoms with Gasteiger partial charge in [0, 0.05) is 0 Å². The van der Waals surface area contributed by atoms with Gasteiger partial charge in [-0.05, 0) is 26.0 Å². The minimum Gasteiger partial charge on any atom is -0.465 e. The van der Waals surface area contributed by atoms with E-state index in [9.17, 15) is 9.59 Å². The SMILES string of the molecule is CCOC(=O)CN(C(=O)OCC)c1ccccc1C#N. The van der Waals surface area contributed by atoms with E-state index < -0.39 is 12.1 Å². The molecular formula is C14H16N2O4. The van der Waals surface area contributed by atoms with Crippen molar-refractivity contribution in [2.75, 3.05) is 24.7 Å². The lowest BCUT2D eigenvalue weighted by Gasteiger charge is -2.21. The van der Waals surface area contributed by atoms with Crippen LogP contribution in [0.4, 0.5) is 10.5 Å². The van der Waals surface area contributed by atoms with E-state index in [0.717, 1.165) is 4.90 Å². The number of nitriles is 1. The number of anilines is 1. The van der Waals surface area contributed by atoms with Gasteiger partial charge in [0.1, 0.15) is 12.6 Å². The molecule has 1 rings (SSSR count). The van der Waals surface area contributed by atoms with E-state index >= 15 is 0 Å². The molecule has 0 atom stereocenters. The van der Waals surface area contributed by atoms with Crippen LogP contribution in [-0.2, 0) is 14.3 Å². The molecule has 6 heteroatoms. The van der Waals surface area contributed by atoms with E-state index in [0.29, 0.717) is 5.69 Å². The van der Waals surface area contributed by atoms with Gasteiger partial charge in [-0.2, -0.15) is 5.26 Å². The average molecular weight is 276 g/mol. The fourth-order valence-electron chi connectivity index (χ4n) is 1.59. The van der Waals surface area contributed by atoms with E-state index in [1.807, 2.05) is 6.07 Å². The molecule has 0 aliphatic carbocycles. The summed E-state index contributed by atoms with van der Waals surface area (Å²) >= 11 is 0. The monoisotopic (exact) mass is 276 g/mol. The summed E-state index contributed by atoms with van der Waals surface area (Å²) in [6.07, 6.45) is -0.691. The van der Waals surface area contributed by atoms with Crippen molar-refractivity contribution in [2.24, 2.45) is 0 Å². The normalized spacial score (nSPS) is 9.45. The molecule has 0 aliphatic heterocycles. The first-order valence-electron chi connectivity index (χ1n) is 6.23. The van der Waals surface area contributed by atoms with Gasteiger partial charge in [0.15, 0.2) is 0 Å². The molecule has 0 spiro atoms. The molecule has 0 saturated heterocycles. The molecule has 1 amide bonds. The van der Waals surface area contributed by atoms with Crippen molar-refractivity contribution in [1.29, 1.82) is 5.26 Å². The molecule has 0 N–H and O–H groups in total. The average Bonchev–Trinajstić information content (AvgIpc) is 2.45. The Morgan fingerprint density at radius 3 is 2.45 bits per heavy atom. The number of para-hydroxylation sites is 1. The molecule has 1 aromatic carbocycles. The van der Waals surface area contributed by atoms with Crippen molar-refractivity contribution >= 4 is 17.7 Å². The first-order valence-corrected chi connectivity index (χ1v) is 6.23. The lowest BCUT2D eigenvalue weighted by molar-refractivity contribution is -0.141. The van der Waals surface area contributed by atoms with Crippen LogP contribution in [0.3, 0.4) is 0 Å². The van der Waals surface area contributed by atoms with E-state index in [-0.39, 0.29) is 25.3 Å². The molecule has 20 heavy (non-hydrogen) atoms. The second-order valence-electron chi connectivity index (χ2n) is 3.72. The highest BCUT2D eigenvalue weighted by molar-refractivity contribution is 5.94. The molecule has 6 nitrogen and oxygen atoms in total. The number of esters is 1. The Bertz CT molecular complexity index is 522. The third-order valence-corrected chi connectivity index (χ3v) is 2.40. The first-order chi connectivity index (χ1) is 9.63. The number of nitrogens with zero attached hydrogens (tertiary/aromatic N) is 2. The van der Waals surface area contributed by atoms with Gasteiger partial charge in [-0.25, -0.2) is 4.79 Å². The van der Waals surface area contributed by atoms with Crippen molar-refractivity contribution in [3.8, 4) is 6.07 Å². The summed E-state index contributed by atoms with van der Waals surface area (Å²) in [5.41, 5.74) is 0.603. The topological polar surface area (TPSA) is 79.6 Å². The predicted octanol–water partition coefficient (Wildman–Crippen LogP) is 2.08. The number of carbonyl (C=O) groups is 2. The molecule has 0 saturated carbocycles. The van der Waals surface area contributed by atoms with Crippen LogP contribution >= 0.6 is 0 Å². The molecule has 0 aromatic heterocycles. The summed E-state index contributed by atoms with van der Waals surface area (Å²) in [4.78, 5) is 24.6. The van der Waals surface area contributed by atoms with Gasteiger partial charge in [-0.15, -0.1) is 0 Å². The smallest absolute Gasteiger partial charge is 0.414 e. The van der Waals surface area contributed by atoms with Crippen molar-refractivity contribution < 1.29 is 19.1 Å². The number of hydrogen-bond acceptors (Lipinski definition) is 5. The number of benzene rings is 1. The second kappa shape index (κ2) is 7.79. The maximum Gasteiger partial charge on any atom is 0.414 e. The highest BCUT2D eigenvalue weighted by Crippen LogP contribution is 2.20. The zero-order valence-electron chi connectivity index (χ0n) is 11.5. The quantitative estimate of drug-likeness (QED) is 0.769. The molecule has 106 valence electrons. The molecule has 0 bridgehead atoms. The van der Waals surface area contributed by atoms with Crippen LogP contribution in [0.5, 0.6) is 0 Å². The fourth-order valence-corrected chi connectivity index (χ4v) is 1.59. The summed E-state index contributed by atoms with van der Waals surface area (Å²) < 4.78 is 9.73. The minimum atomic E-state index is -0.691. The second-order valence-corrected chi connectivity index (χ2v) is 3.72. The molecule has 0 aliphatic rings. The highest BCUT2D eigenvalue weighted by atomic mass is 16.6. The van der Waals surface area contributed by atoms with Crippen molar-refractivity contribution in [3.63, 3.8) is 0 Å². The van der Waals surface area contributed by atoms with Crippen LogP contribution < -0.4 is 4.90 Å². The standard InChI is InChI=1S/C14H16N2O4/c1-3-19-13(17)10-16(14(18)20-4-2)12-8-6-5-7-11(12)9-15/h5-8H,3-4,10H2,1-2H3. The fraction of sp³-hybridized carbons (Fsp3) is 0.357. The Kier molecular flexibility index (Phi) is 6.04. The van der Waals surface area contributed by atoms with Gasteiger partial charge < -0.3 is 9.47 Å². The summed E-state index contributed by atoms with van der Waals surface area (Å²) in [5.74, 6) is -0.562. The van der Waals surface area contributed by atoms with Crippen LogP contribution in [0, 0.1) is 11.3 Å². The number of carbonyl (C=O) groups excluding carboxylic acids is 2. The van der Waals surface area contributed by atoms with Gasteiger partial charge in [0.25, 0.3) is 0 Å². The summed E-state index contributed by atoms with van der Waals surface area (Å²) in [6, 6.07) is 8.47. The Labute approximate surface area is 117 Å². The Morgan fingerprint density at radius 1 is 1.20 bits per heavy atom. The van der Waals surface area contributed by atoms with E-state index in [2.05, 4.69) is 0 Å². The molecule has 0 heterocycles. The Hall–Kier alpha value is -2.55. The lowest BCUT2D eigenvalue weighted by atomic mass is 10.2. The highest BCUT2D eigenvalue weighted by Gasteiger charge is 2.23. The van der Waals surface area contributed by atoms with Crippen LogP contribution in [0.15, 0.2) is 24.3 Å². The van der Waals surface area contributed by atoms with Gasteiger partial charge in [0.05, 0.1) is 24.5 Å². The van der Waals surface area contributed by atoms with Crippen molar-refractivity contribution in [1.82, 2.24) is 0 Å². The number of rotatable bonds is 5. The maximum absolute atomic E-state index is 11.9. The van der Waals surface area contributed by atoms with Crippen LogP contribution in [0.2, 0.25) is 0 Å². The number of hydrogen-bond donors (Lipinski definition) is 0. The minimum absolute atomic E-state index is 0.173. The van der Waals surface area contributed by atoms with Gasteiger partial charge in [-0.3, -0.25) is 9.69 Å². The number of ether oxygens (including phenoxy) is 2. The number of amides is 1. The van der Waals surface area contributed by atoms with E-state index in [4.69, 9.17) is 14.7 Å². The zero-order valence-corrected chi connectivity index (χ0v) is 11.5. The molecule has 0 unspecified atom stereocenters. The van der Waals surface area contributed by atoms with Gasteiger partial charge in [0.2, 0.25) is 0 Å². The van der Waals surface area contributed by atoms with Crippen LogP contribution in [0.1, 0.15) is 19.4 Å². The van der Waals surface area contributed by atoms with Gasteiger partial charge in [-0.1, -0.05) is 12.1 Å². The van der Waals surface area contributed by atoms with Crippen LogP contribution in [0.25, 0.3) is 0 Å². The summed E-state index contributed by atoms with van der Waals surface area (Å²) in [5, 5.41) is 9.07. The molecule has 0 fully saturated rings. The molecular weight excluding hydrogens is 260 g/mol. The summed E-state index contributed by atoms with van der Waals surface area (Å²) in [7, 11) is 0. The van der Waals surface area contributed by atoms with Crippen molar-refractivity contribution in [3.05, 3.63) is 29.8 Å². The third-order valence-electron chi connectivity index (χ3n) is 2.40. The third kappa shape index (κ3) is 3.99. The largest absolute Gasteiger partial charge is 0.465 e. The zero-order chi connectivity index (χ0) is 15.0. The molecule has 1 aromatic rings. The van der Waals surface area contributed by atoms with Gasteiger partial charge >= 0.3 is 12.1 Å². The van der Waals surface area contributed by atoms with Crippen LogP contribution in [-0.4, -0.2) is 31.8 Å². The predicted molar refractivity (Wildman–Crippen MR) is 72.2 cm³/mol. The van der Waals surface area contributed by atoms with E-state index in [1.165, 1.54) is 0 Å². The molecule has 0 radical (unpaired) electrons. The first kappa shape index (κ1) is 15.5.